The molecule has 0 unspecified atom stereocenters. The normalized spacial score (nSPS) is 34.1. The molecule has 3 aliphatic heterocycles. The van der Waals surface area contributed by atoms with E-state index in [-0.39, 0.29) is 17.9 Å². The SMILES string of the molecule is Cc1cc(Cl)c2c(c1)[C@]1(N[C@@H]([C@@H](C)O)[C@H]3C(=O)N(C4CCCCCC4)C(=O)[C@H]31)C(=O)N2. The van der Waals surface area contributed by atoms with E-state index in [9.17, 15) is 19.5 Å². The van der Waals surface area contributed by atoms with E-state index in [1.165, 1.54) is 4.90 Å². The number of nitrogens with zero attached hydrogens (tertiary/aromatic N) is 1. The highest BCUT2D eigenvalue weighted by Gasteiger charge is 2.71. The van der Waals surface area contributed by atoms with Crippen molar-refractivity contribution in [2.75, 3.05) is 5.32 Å². The van der Waals surface area contributed by atoms with Crippen LogP contribution in [0.25, 0.3) is 0 Å². The number of aliphatic hydroxyl groups is 1. The Bertz CT molecular complexity index is 972. The summed E-state index contributed by atoms with van der Waals surface area (Å²) in [4.78, 5) is 42.3. The van der Waals surface area contributed by atoms with E-state index in [1.54, 1.807) is 13.0 Å². The molecule has 1 aromatic carbocycles. The highest BCUT2D eigenvalue weighted by Crippen LogP contribution is 2.55. The number of imide groups is 1. The molecule has 5 atom stereocenters. The Kier molecular flexibility index (Phi) is 4.92. The van der Waals surface area contributed by atoms with Crippen molar-refractivity contribution in [1.29, 1.82) is 0 Å². The largest absolute Gasteiger partial charge is 0.392 e. The van der Waals surface area contributed by atoms with Crippen LogP contribution in [0.1, 0.15) is 56.6 Å². The molecule has 0 aromatic heterocycles. The van der Waals surface area contributed by atoms with Gasteiger partial charge in [0.2, 0.25) is 17.7 Å². The molecule has 31 heavy (non-hydrogen) atoms. The molecule has 3 amide bonds. The predicted octanol–water partition coefficient (Wildman–Crippen LogP) is 2.47. The number of aryl methyl sites for hydroxylation is 1. The summed E-state index contributed by atoms with van der Waals surface area (Å²) in [6.07, 6.45) is 4.87. The van der Waals surface area contributed by atoms with Crippen molar-refractivity contribution in [1.82, 2.24) is 10.2 Å². The third-order valence-corrected chi connectivity index (χ3v) is 7.90. The lowest BCUT2D eigenvalue weighted by Gasteiger charge is -2.32. The van der Waals surface area contributed by atoms with Crippen LogP contribution in [0.3, 0.4) is 0 Å². The first-order valence-electron chi connectivity index (χ1n) is 11.2. The molecule has 0 bridgehead atoms. The molecular formula is C23H28ClN3O4. The number of benzene rings is 1. The van der Waals surface area contributed by atoms with E-state index >= 15 is 0 Å². The molecule has 8 heteroatoms. The van der Waals surface area contributed by atoms with Gasteiger partial charge in [-0.25, -0.2) is 0 Å². The van der Waals surface area contributed by atoms with Crippen LogP contribution in [0.2, 0.25) is 5.02 Å². The lowest BCUT2D eigenvalue weighted by Crippen LogP contribution is -2.55. The van der Waals surface area contributed by atoms with E-state index in [4.69, 9.17) is 11.6 Å². The summed E-state index contributed by atoms with van der Waals surface area (Å²) in [7, 11) is 0. The van der Waals surface area contributed by atoms with Crippen LogP contribution in [0.4, 0.5) is 5.69 Å². The fourth-order valence-corrected chi connectivity index (χ4v) is 6.56. The van der Waals surface area contributed by atoms with E-state index in [2.05, 4.69) is 10.6 Å². The first-order valence-corrected chi connectivity index (χ1v) is 11.6. The van der Waals surface area contributed by atoms with Crippen LogP contribution < -0.4 is 10.6 Å². The Labute approximate surface area is 186 Å². The maximum atomic E-state index is 13.8. The summed E-state index contributed by atoms with van der Waals surface area (Å²) < 4.78 is 0. The van der Waals surface area contributed by atoms with Gasteiger partial charge < -0.3 is 10.4 Å². The number of rotatable bonds is 2. The summed E-state index contributed by atoms with van der Waals surface area (Å²) in [6.45, 7) is 3.47. The van der Waals surface area contributed by atoms with Crippen LogP contribution in [0, 0.1) is 18.8 Å². The molecule has 3 N–H and O–H groups in total. The molecule has 2 saturated heterocycles. The molecule has 5 rings (SSSR count). The van der Waals surface area contributed by atoms with Gasteiger partial charge >= 0.3 is 0 Å². The number of anilines is 1. The van der Waals surface area contributed by atoms with Crippen molar-refractivity contribution in [2.45, 2.75) is 76.1 Å². The van der Waals surface area contributed by atoms with Crippen molar-refractivity contribution >= 4 is 35.0 Å². The highest BCUT2D eigenvalue weighted by molar-refractivity contribution is 6.35. The quantitative estimate of drug-likeness (QED) is 0.480. The number of carbonyl (C=O) groups is 3. The minimum absolute atomic E-state index is 0.134. The average molecular weight is 446 g/mol. The fraction of sp³-hybridized carbons (Fsp3) is 0.609. The number of carbonyl (C=O) groups excluding carboxylic acids is 3. The molecule has 0 radical (unpaired) electrons. The molecule has 1 spiro atoms. The minimum Gasteiger partial charge on any atom is -0.392 e. The summed E-state index contributed by atoms with van der Waals surface area (Å²) in [5, 5.41) is 17.0. The van der Waals surface area contributed by atoms with Gasteiger partial charge in [0.25, 0.3) is 0 Å². The monoisotopic (exact) mass is 445 g/mol. The molecule has 1 aromatic rings. The lowest BCUT2D eigenvalue weighted by atomic mass is 9.76. The van der Waals surface area contributed by atoms with Crippen LogP contribution in [0.5, 0.6) is 0 Å². The van der Waals surface area contributed by atoms with Crippen molar-refractivity contribution in [3.8, 4) is 0 Å². The molecule has 1 aliphatic carbocycles. The molecule has 1 saturated carbocycles. The van der Waals surface area contributed by atoms with Gasteiger partial charge in [-0.15, -0.1) is 0 Å². The summed E-state index contributed by atoms with van der Waals surface area (Å²) in [6, 6.07) is 2.77. The van der Waals surface area contributed by atoms with E-state index in [0.717, 1.165) is 44.1 Å². The number of hydrogen-bond acceptors (Lipinski definition) is 5. The third-order valence-electron chi connectivity index (χ3n) is 7.60. The van der Waals surface area contributed by atoms with Crippen LogP contribution >= 0.6 is 11.6 Å². The highest BCUT2D eigenvalue weighted by atomic mass is 35.5. The van der Waals surface area contributed by atoms with Crippen molar-refractivity contribution in [3.63, 3.8) is 0 Å². The number of hydrogen-bond donors (Lipinski definition) is 3. The Hall–Kier alpha value is -1.96. The second-order valence-electron chi connectivity index (χ2n) is 9.54. The molecular weight excluding hydrogens is 418 g/mol. The van der Waals surface area contributed by atoms with E-state index in [0.29, 0.717) is 16.3 Å². The fourth-order valence-electron chi connectivity index (χ4n) is 6.24. The van der Waals surface area contributed by atoms with Gasteiger partial charge in [-0.2, -0.15) is 0 Å². The second kappa shape index (κ2) is 7.29. The summed E-state index contributed by atoms with van der Waals surface area (Å²) in [5.74, 6) is -2.65. The van der Waals surface area contributed by atoms with Crippen LogP contribution in [-0.4, -0.2) is 45.9 Å². The maximum absolute atomic E-state index is 13.8. The Morgan fingerprint density at radius 3 is 2.45 bits per heavy atom. The average Bonchev–Trinajstić information content (AvgIpc) is 3.18. The zero-order valence-electron chi connectivity index (χ0n) is 17.8. The van der Waals surface area contributed by atoms with Crippen molar-refractivity contribution in [3.05, 3.63) is 28.3 Å². The van der Waals surface area contributed by atoms with Gasteiger partial charge in [0.05, 0.1) is 28.6 Å². The van der Waals surface area contributed by atoms with E-state index in [1.807, 2.05) is 13.0 Å². The first kappa shape index (κ1) is 20.9. The number of nitrogens with one attached hydrogen (secondary N) is 2. The van der Waals surface area contributed by atoms with Gasteiger partial charge in [-0.05, 0) is 38.3 Å². The minimum atomic E-state index is -1.41. The zero-order valence-corrected chi connectivity index (χ0v) is 18.5. The van der Waals surface area contributed by atoms with Gasteiger partial charge in [0, 0.05) is 17.6 Å². The molecule has 7 nitrogen and oxygen atoms in total. The lowest BCUT2D eigenvalue weighted by molar-refractivity contribution is -0.146. The Morgan fingerprint density at radius 2 is 1.81 bits per heavy atom. The summed E-state index contributed by atoms with van der Waals surface area (Å²) >= 11 is 6.42. The standard InChI is InChI=1S/C23H28ClN3O4/c1-11-9-14-19(15(24)10-11)25-22(31)23(14)17-16(18(26-23)12(2)28)20(29)27(21(17)30)13-7-5-3-4-6-8-13/h9-10,12-13,16-18,26,28H,3-8H2,1-2H3,(H,25,31)/t12-,16+,17+,18+,23-/m1/s1. The smallest absolute Gasteiger partial charge is 0.250 e. The number of likely N-dealkylation sites (tertiary alicyclic amines) is 1. The van der Waals surface area contributed by atoms with Crippen LogP contribution in [0.15, 0.2) is 12.1 Å². The topological polar surface area (TPSA) is 98.7 Å². The number of halogens is 1. The zero-order chi connectivity index (χ0) is 22.1. The van der Waals surface area contributed by atoms with Gasteiger partial charge in [-0.3, -0.25) is 24.6 Å². The maximum Gasteiger partial charge on any atom is 0.250 e. The van der Waals surface area contributed by atoms with Crippen molar-refractivity contribution < 1.29 is 19.5 Å². The Morgan fingerprint density at radius 1 is 1.13 bits per heavy atom. The van der Waals surface area contributed by atoms with Crippen LogP contribution in [-0.2, 0) is 19.9 Å². The van der Waals surface area contributed by atoms with Gasteiger partial charge in [0.15, 0.2) is 0 Å². The van der Waals surface area contributed by atoms with Gasteiger partial charge in [0.1, 0.15) is 5.54 Å². The second-order valence-corrected chi connectivity index (χ2v) is 9.94. The molecule has 4 aliphatic rings. The van der Waals surface area contributed by atoms with Gasteiger partial charge in [-0.1, -0.05) is 43.4 Å². The molecule has 3 heterocycles. The summed E-state index contributed by atoms with van der Waals surface area (Å²) in [5.41, 5.74) is 0.507. The predicted molar refractivity (Wildman–Crippen MR) is 115 cm³/mol. The number of amides is 3. The third kappa shape index (κ3) is 2.82. The molecule has 166 valence electrons. The number of fused-ring (bicyclic) bond motifs is 4. The molecule has 3 fully saturated rings. The van der Waals surface area contributed by atoms with Crippen molar-refractivity contribution in [2.24, 2.45) is 11.8 Å². The number of aliphatic hydroxyl groups excluding tert-OH is 1. The van der Waals surface area contributed by atoms with E-state index < -0.39 is 35.4 Å². The Balaban J connectivity index is 1.65. The first-order chi connectivity index (χ1) is 14.8.